The van der Waals surface area contributed by atoms with Gasteiger partial charge in [0.1, 0.15) is 11.3 Å². The molecule has 0 aliphatic carbocycles. The third kappa shape index (κ3) is 3.72. The fourth-order valence-corrected chi connectivity index (χ4v) is 2.62. The Hall–Kier alpha value is -3.48. The van der Waals surface area contributed by atoms with Crippen LogP contribution in [0.2, 0.25) is 0 Å². The monoisotopic (exact) mass is 370 g/mol. The second kappa shape index (κ2) is 7.41. The number of ether oxygens (including phenoxy) is 3. The van der Waals surface area contributed by atoms with Crippen molar-refractivity contribution in [2.24, 2.45) is 0 Å². The topological polar surface area (TPSA) is 95.2 Å². The van der Waals surface area contributed by atoms with Crippen molar-refractivity contribution in [2.75, 3.05) is 14.2 Å². The van der Waals surface area contributed by atoms with Crippen molar-refractivity contribution in [3.8, 4) is 28.4 Å². The molecule has 27 heavy (non-hydrogen) atoms. The van der Waals surface area contributed by atoms with Crippen molar-refractivity contribution in [3.05, 3.63) is 52.9 Å². The highest BCUT2D eigenvalue weighted by Gasteiger charge is 2.15. The first-order chi connectivity index (χ1) is 12.9. The molecular formula is C20H18O7. The first-order valence-corrected chi connectivity index (χ1v) is 8.12. The van der Waals surface area contributed by atoms with Gasteiger partial charge in [0, 0.05) is 11.5 Å². The molecule has 7 heteroatoms. The zero-order chi connectivity index (χ0) is 19.6. The van der Waals surface area contributed by atoms with Crippen LogP contribution in [0.15, 0.2) is 51.7 Å². The van der Waals surface area contributed by atoms with Gasteiger partial charge in [-0.15, -0.1) is 0 Å². The fraction of sp³-hybridized carbons (Fsp3) is 0.200. The Kier molecular flexibility index (Phi) is 5.03. The van der Waals surface area contributed by atoms with E-state index in [2.05, 4.69) is 0 Å². The summed E-state index contributed by atoms with van der Waals surface area (Å²) in [6, 6.07) is 11.7. The van der Waals surface area contributed by atoms with Crippen LogP contribution < -0.4 is 19.8 Å². The lowest BCUT2D eigenvalue weighted by Crippen LogP contribution is -2.22. The number of aliphatic carboxylic acids is 1. The van der Waals surface area contributed by atoms with Gasteiger partial charge in [-0.3, -0.25) is 0 Å². The molecule has 2 aromatic carbocycles. The number of rotatable bonds is 6. The Bertz CT molecular complexity index is 1050. The molecule has 0 spiro atoms. The van der Waals surface area contributed by atoms with Crippen LogP contribution in [0.4, 0.5) is 0 Å². The summed E-state index contributed by atoms with van der Waals surface area (Å²) in [4.78, 5) is 23.4. The molecule has 1 atom stereocenters. The van der Waals surface area contributed by atoms with Gasteiger partial charge >= 0.3 is 11.6 Å². The lowest BCUT2D eigenvalue weighted by molar-refractivity contribution is -0.144. The van der Waals surface area contributed by atoms with Gasteiger partial charge in [-0.05, 0) is 42.8 Å². The Morgan fingerprint density at radius 2 is 1.78 bits per heavy atom. The molecule has 0 saturated carbocycles. The molecule has 0 fully saturated rings. The van der Waals surface area contributed by atoms with E-state index in [9.17, 15) is 9.59 Å². The highest BCUT2D eigenvalue weighted by atomic mass is 16.5. The quantitative estimate of drug-likeness (QED) is 0.665. The third-order valence-electron chi connectivity index (χ3n) is 4.06. The van der Waals surface area contributed by atoms with Crippen LogP contribution in [0.5, 0.6) is 17.2 Å². The molecule has 0 radical (unpaired) electrons. The van der Waals surface area contributed by atoms with Crippen LogP contribution in [0.1, 0.15) is 6.92 Å². The Morgan fingerprint density at radius 1 is 1.04 bits per heavy atom. The zero-order valence-electron chi connectivity index (χ0n) is 15.0. The van der Waals surface area contributed by atoms with Gasteiger partial charge in [0.2, 0.25) is 0 Å². The van der Waals surface area contributed by atoms with Gasteiger partial charge in [0.15, 0.2) is 17.6 Å². The standard InChI is InChI=1S/C20H18O7/c1-11(19(21)22)26-14-6-4-13-8-15(20(23)27-17(13)10-14)12-5-7-16(24-2)18(9-12)25-3/h4-11H,1-3H3,(H,21,22). The Balaban J connectivity index is 2.03. The molecule has 1 unspecified atom stereocenters. The smallest absolute Gasteiger partial charge is 0.344 e. The van der Waals surface area contributed by atoms with Crippen molar-refractivity contribution in [1.29, 1.82) is 0 Å². The second-order valence-electron chi connectivity index (χ2n) is 5.82. The lowest BCUT2D eigenvalue weighted by atomic mass is 10.1. The average Bonchev–Trinajstić information content (AvgIpc) is 2.66. The normalized spacial score (nSPS) is 11.8. The third-order valence-corrected chi connectivity index (χ3v) is 4.06. The summed E-state index contributed by atoms with van der Waals surface area (Å²) in [5.41, 5.74) is 0.775. The van der Waals surface area contributed by atoms with Crippen LogP contribution in [-0.2, 0) is 4.79 Å². The van der Waals surface area contributed by atoms with E-state index in [-0.39, 0.29) is 0 Å². The summed E-state index contributed by atoms with van der Waals surface area (Å²) in [6.07, 6.45) is -1.01. The summed E-state index contributed by atoms with van der Waals surface area (Å²) >= 11 is 0. The highest BCUT2D eigenvalue weighted by Crippen LogP contribution is 2.32. The number of benzene rings is 2. The van der Waals surface area contributed by atoms with E-state index in [0.29, 0.717) is 39.3 Å². The van der Waals surface area contributed by atoms with Crippen molar-refractivity contribution in [3.63, 3.8) is 0 Å². The minimum Gasteiger partial charge on any atom is -0.493 e. The predicted molar refractivity (Wildman–Crippen MR) is 98.7 cm³/mol. The number of methoxy groups -OCH3 is 2. The van der Waals surface area contributed by atoms with E-state index in [1.807, 2.05) is 0 Å². The van der Waals surface area contributed by atoms with Gasteiger partial charge in [-0.1, -0.05) is 6.07 Å². The van der Waals surface area contributed by atoms with Crippen LogP contribution in [0, 0.1) is 0 Å². The molecule has 0 aliphatic rings. The van der Waals surface area contributed by atoms with E-state index in [1.165, 1.54) is 27.2 Å². The first kappa shape index (κ1) is 18.3. The predicted octanol–water partition coefficient (Wildman–Crippen LogP) is 3.33. The van der Waals surface area contributed by atoms with Crippen molar-refractivity contribution >= 4 is 16.9 Å². The van der Waals surface area contributed by atoms with Crippen LogP contribution in [-0.4, -0.2) is 31.4 Å². The number of carbonyl (C=O) groups is 1. The maximum absolute atomic E-state index is 12.5. The molecule has 0 amide bonds. The number of hydrogen-bond acceptors (Lipinski definition) is 6. The molecular weight excluding hydrogens is 352 g/mol. The molecule has 1 aromatic heterocycles. The van der Waals surface area contributed by atoms with Gasteiger partial charge in [-0.25, -0.2) is 9.59 Å². The number of carboxylic acid groups (broad SMARTS) is 1. The number of hydrogen-bond donors (Lipinski definition) is 1. The summed E-state index contributed by atoms with van der Waals surface area (Å²) < 4.78 is 21.2. The molecule has 0 bridgehead atoms. The molecule has 0 aliphatic heterocycles. The number of carboxylic acids is 1. The van der Waals surface area contributed by atoms with Crippen molar-refractivity contribution < 1.29 is 28.5 Å². The van der Waals surface area contributed by atoms with E-state index in [0.717, 1.165) is 0 Å². The molecule has 1 N–H and O–H groups in total. The summed E-state index contributed by atoms with van der Waals surface area (Å²) in [7, 11) is 3.05. The maximum atomic E-state index is 12.5. The first-order valence-electron chi connectivity index (χ1n) is 8.12. The van der Waals surface area contributed by atoms with Gasteiger partial charge < -0.3 is 23.7 Å². The summed E-state index contributed by atoms with van der Waals surface area (Å²) in [5.74, 6) is 0.279. The largest absolute Gasteiger partial charge is 0.493 e. The maximum Gasteiger partial charge on any atom is 0.344 e. The van der Waals surface area contributed by atoms with Crippen molar-refractivity contribution in [2.45, 2.75) is 13.0 Å². The highest BCUT2D eigenvalue weighted by molar-refractivity contribution is 5.83. The van der Waals surface area contributed by atoms with Crippen LogP contribution >= 0.6 is 0 Å². The Labute approximate surface area is 154 Å². The second-order valence-corrected chi connectivity index (χ2v) is 5.82. The average molecular weight is 370 g/mol. The minimum atomic E-state index is -1.08. The molecule has 3 aromatic rings. The van der Waals surface area contributed by atoms with E-state index >= 15 is 0 Å². The van der Waals surface area contributed by atoms with Gasteiger partial charge in [-0.2, -0.15) is 0 Å². The van der Waals surface area contributed by atoms with E-state index in [1.54, 1.807) is 36.4 Å². The number of fused-ring (bicyclic) bond motifs is 1. The van der Waals surface area contributed by atoms with E-state index < -0.39 is 17.7 Å². The van der Waals surface area contributed by atoms with Crippen LogP contribution in [0.3, 0.4) is 0 Å². The van der Waals surface area contributed by atoms with Gasteiger partial charge in [0.05, 0.1) is 19.8 Å². The molecule has 0 saturated heterocycles. The lowest BCUT2D eigenvalue weighted by Gasteiger charge is -2.11. The Morgan fingerprint density at radius 3 is 2.44 bits per heavy atom. The van der Waals surface area contributed by atoms with E-state index in [4.69, 9.17) is 23.7 Å². The minimum absolute atomic E-state index is 0.305. The SMILES string of the molecule is COc1ccc(-c2cc3ccc(OC(C)C(=O)O)cc3oc2=O)cc1OC. The fourth-order valence-electron chi connectivity index (χ4n) is 2.62. The van der Waals surface area contributed by atoms with Crippen molar-refractivity contribution in [1.82, 2.24) is 0 Å². The van der Waals surface area contributed by atoms with Crippen LogP contribution in [0.25, 0.3) is 22.1 Å². The molecule has 1 heterocycles. The zero-order valence-corrected chi connectivity index (χ0v) is 15.0. The molecule has 140 valence electrons. The van der Waals surface area contributed by atoms with Gasteiger partial charge in [0.25, 0.3) is 0 Å². The molecule has 3 rings (SSSR count). The molecule has 7 nitrogen and oxygen atoms in total. The summed E-state index contributed by atoms with van der Waals surface area (Å²) in [6.45, 7) is 1.42. The summed E-state index contributed by atoms with van der Waals surface area (Å²) in [5, 5.41) is 9.60.